The Balaban J connectivity index is 3.03. The zero-order valence-corrected chi connectivity index (χ0v) is 8.47. The Morgan fingerprint density at radius 1 is 1.33 bits per heavy atom. The molecule has 0 saturated carbocycles. The third kappa shape index (κ3) is 9.66. The fraction of sp³-hybridized carbons (Fsp3) is 0.800. The molecule has 0 aliphatic heterocycles. The molecule has 0 saturated heterocycles. The maximum Gasteiger partial charge on any atom is 0.0734 e. The number of rotatable bonds is 7. The van der Waals surface area contributed by atoms with Crippen LogP contribution in [0.5, 0.6) is 0 Å². The number of hydrogen-bond donors (Lipinski definition) is 1. The van der Waals surface area contributed by atoms with Crippen molar-refractivity contribution < 1.29 is 4.84 Å². The van der Waals surface area contributed by atoms with E-state index in [2.05, 4.69) is 24.6 Å². The van der Waals surface area contributed by atoms with E-state index in [1.807, 2.05) is 13.8 Å². The van der Waals surface area contributed by atoms with Crippen LogP contribution in [0.4, 0.5) is 0 Å². The highest BCUT2D eigenvalue weighted by Gasteiger charge is 1.88. The van der Waals surface area contributed by atoms with Crippen molar-refractivity contribution in [3.8, 4) is 0 Å². The van der Waals surface area contributed by atoms with Gasteiger partial charge in [-0.25, -0.2) is 0 Å². The van der Waals surface area contributed by atoms with Gasteiger partial charge in [-0.15, -0.1) is 0 Å². The van der Waals surface area contributed by atoms with E-state index in [0.717, 1.165) is 6.54 Å². The molecule has 0 spiro atoms. The Morgan fingerprint density at radius 3 is 2.67 bits per heavy atom. The van der Waals surface area contributed by atoms with Crippen molar-refractivity contribution in [1.29, 1.82) is 0 Å². The predicted octanol–water partition coefficient (Wildman–Crippen LogP) is 2.66. The Labute approximate surface area is 76.0 Å². The fourth-order valence-corrected chi connectivity index (χ4v) is 0.786. The van der Waals surface area contributed by atoms with E-state index in [0.29, 0.717) is 0 Å². The quantitative estimate of drug-likeness (QED) is 0.361. The van der Waals surface area contributed by atoms with Gasteiger partial charge in [0.1, 0.15) is 0 Å². The molecule has 0 heterocycles. The highest BCUT2D eigenvalue weighted by molar-refractivity contribution is 4.82. The summed E-state index contributed by atoms with van der Waals surface area (Å²) in [5, 5.41) is 0. The highest BCUT2D eigenvalue weighted by Crippen LogP contribution is 1.93. The first kappa shape index (κ1) is 11.7. The summed E-state index contributed by atoms with van der Waals surface area (Å²) in [6.45, 7) is 7.03. The van der Waals surface area contributed by atoms with Crippen LogP contribution in [0, 0.1) is 0 Å². The first-order valence-corrected chi connectivity index (χ1v) is 4.81. The van der Waals surface area contributed by atoms with E-state index >= 15 is 0 Å². The average molecular weight is 171 g/mol. The maximum absolute atomic E-state index is 5.15. The Bertz CT molecular complexity index is 110. The smallest absolute Gasteiger partial charge is 0.0734 e. The lowest BCUT2D eigenvalue weighted by atomic mass is 10.2. The van der Waals surface area contributed by atoms with Gasteiger partial charge < -0.3 is 0 Å². The molecular weight excluding hydrogens is 150 g/mol. The number of hydrogen-bond acceptors (Lipinski definition) is 2. The van der Waals surface area contributed by atoms with E-state index in [9.17, 15) is 0 Å². The lowest BCUT2D eigenvalue weighted by Gasteiger charge is -2.05. The second-order valence-electron chi connectivity index (χ2n) is 3.13. The van der Waals surface area contributed by atoms with Crippen molar-refractivity contribution in [2.24, 2.45) is 0 Å². The number of allylic oxidation sites excluding steroid dienone is 1. The maximum atomic E-state index is 5.15. The predicted molar refractivity (Wildman–Crippen MR) is 52.9 cm³/mol. The molecule has 0 aromatic rings. The van der Waals surface area contributed by atoms with Crippen molar-refractivity contribution in [2.45, 2.75) is 46.1 Å². The molecule has 0 aromatic heterocycles. The molecule has 0 unspecified atom stereocenters. The molecule has 0 aliphatic rings. The zero-order chi connectivity index (χ0) is 9.23. The van der Waals surface area contributed by atoms with E-state index in [-0.39, 0.29) is 6.10 Å². The largest absolute Gasteiger partial charge is 0.299 e. The van der Waals surface area contributed by atoms with E-state index in [4.69, 9.17) is 4.84 Å². The highest BCUT2D eigenvalue weighted by atomic mass is 16.7. The van der Waals surface area contributed by atoms with Crippen LogP contribution in [0.2, 0.25) is 0 Å². The fourth-order valence-electron chi connectivity index (χ4n) is 0.786. The lowest BCUT2D eigenvalue weighted by Crippen LogP contribution is -2.19. The third-order valence-electron chi connectivity index (χ3n) is 1.41. The Hall–Kier alpha value is -0.340. The topological polar surface area (TPSA) is 21.3 Å². The summed E-state index contributed by atoms with van der Waals surface area (Å²) in [6.07, 6.45) is 8.29. The van der Waals surface area contributed by atoms with Gasteiger partial charge in [0.25, 0.3) is 0 Å². The summed E-state index contributed by atoms with van der Waals surface area (Å²) in [5.41, 5.74) is 2.87. The second-order valence-corrected chi connectivity index (χ2v) is 3.13. The summed E-state index contributed by atoms with van der Waals surface area (Å²) in [7, 11) is 0. The van der Waals surface area contributed by atoms with Gasteiger partial charge in [-0.05, 0) is 20.3 Å². The monoisotopic (exact) mass is 171 g/mol. The van der Waals surface area contributed by atoms with Crippen molar-refractivity contribution in [3.05, 3.63) is 12.2 Å². The van der Waals surface area contributed by atoms with Crippen molar-refractivity contribution in [2.75, 3.05) is 6.54 Å². The Morgan fingerprint density at radius 2 is 2.08 bits per heavy atom. The molecular formula is C10H21NO. The van der Waals surface area contributed by atoms with Gasteiger partial charge >= 0.3 is 0 Å². The van der Waals surface area contributed by atoms with E-state index < -0.39 is 0 Å². The lowest BCUT2D eigenvalue weighted by molar-refractivity contribution is 0.00139. The molecule has 0 aromatic carbocycles. The van der Waals surface area contributed by atoms with Crippen LogP contribution in [-0.4, -0.2) is 12.6 Å². The summed E-state index contributed by atoms with van der Waals surface area (Å²) in [5.74, 6) is 0. The summed E-state index contributed by atoms with van der Waals surface area (Å²) < 4.78 is 0. The standard InChI is InChI=1S/C10H21NO/c1-4-5-6-7-8-9-11-12-10(2)3/h7-8,10-11H,4-6,9H2,1-3H3. The minimum absolute atomic E-state index is 0.258. The molecule has 0 fully saturated rings. The van der Waals surface area contributed by atoms with Crippen molar-refractivity contribution >= 4 is 0 Å². The third-order valence-corrected chi connectivity index (χ3v) is 1.41. The molecule has 0 bridgehead atoms. The van der Waals surface area contributed by atoms with E-state index in [1.54, 1.807) is 0 Å². The number of hydroxylamine groups is 1. The number of nitrogens with one attached hydrogen (secondary N) is 1. The van der Waals surface area contributed by atoms with Gasteiger partial charge in [0.15, 0.2) is 0 Å². The first-order chi connectivity index (χ1) is 5.77. The number of unbranched alkanes of at least 4 members (excludes halogenated alkanes) is 2. The molecule has 72 valence electrons. The van der Waals surface area contributed by atoms with Crippen LogP contribution in [0.25, 0.3) is 0 Å². The van der Waals surface area contributed by atoms with Gasteiger partial charge in [-0.1, -0.05) is 31.9 Å². The normalized spacial score (nSPS) is 11.7. The van der Waals surface area contributed by atoms with Gasteiger partial charge in [-0.2, -0.15) is 5.48 Å². The Kier molecular flexibility index (Phi) is 8.51. The van der Waals surface area contributed by atoms with Gasteiger partial charge in [0.2, 0.25) is 0 Å². The minimum atomic E-state index is 0.258. The molecule has 2 heteroatoms. The zero-order valence-electron chi connectivity index (χ0n) is 8.47. The molecule has 12 heavy (non-hydrogen) atoms. The summed E-state index contributed by atoms with van der Waals surface area (Å²) >= 11 is 0. The van der Waals surface area contributed by atoms with Crippen molar-refractivity contribution in [3.63, 3.8) is 0 Å². The molecule has 0 rings (SSSR count). The van der Waals surface area contributed by atoms with Crippen LogP contribution >= 0.6 is 0 Å². The van der Waals surface area contributed by atoms with E-state index in [1.165, 1.54) is 19.3 Å². The van der Waals surface area contributed by atoms with Gasteiger partial charge in [0, 0.05) is 6.54 Å². The van der Waals surface area contributed by atoms with Crippen molar-refractivity contribution in [1.82, 2.24) is 5.48 Å². The SMILES string of the molecule is CCCCC=CCNOC(C)C. The van der Waals surface area contributed by atoms with Crippen LogP contribution in [0.15, 0.2) is 12.2 Å². The molecule has 0 amide bonds. The van der Waals surface area contributed by atoms with Crippen LogP contribution in [0.3, 0.4) is 0 Å². The van der Waals surface area contributed by atoms with Crippen LogP contribution < -0.4 is 5.48 Å². The summed E-state index contributed by atoms with van der Waals surface area (Å²) in [6, 6.07) is 0. The molecule has 2 nitrogen and oxygen atoms in total. The minimum Gasteiger partial charge on any atom is -0.299 e. The average Bonchev–Trinajstić information content (AvgIpc) is 2.02. The van der Waals surface area contributed by atoms with Gasteiger partial charge in [0.05, 0.1) is 6.10 Å². The molecule has 0 radical (unpaired) electrons. The molecule has 0 aliphatic carbocycles. The first-order valence-electron chi connectivity index (χ1n) is 4.81. The summed E-state index contributed by atoms with van der Waals surface area (Å²) in [4.78, 5) is 5.15. The van der Waals surface area contributed by atoms with Crippen LogP contribution in [0.1, 0.15) is 40.0 Å². The molecule has 0 atom stereocenters. The molecule has 1 N–H and O–H groups in total. The van der Waals surface area contributed by atoms with Crippen LogP contribution in [-0.2, 0) is 4.84 Å². The van der Waals surface area contributed by atoms with Gasteiger partial charge in [-0.3, -0.25) is 4.84 Å². The second kappa shape index (κ2) is 8.75.